The number of amides is 3. The number of aromatic nitrogens is 6. The number of halogens is 6. The first-order valence-corrected chi connectivity index (χ1v) is 50.7. The molecule has 0 unspecified atom stereocenters. The number of carboxylic acid groups (broad SMARTS) is 1. The van der Waals surface area contributed by atoms with Crippen LogP contribution in [0.4, 0.5) is 39.4 Å². The molecule has 0 bridgehead atoms. The Balaban J connectivity index is 0.000000181. The van der Waals surface area contributed by atoms with E-state index in [9.17, 15) is 29.1 Å². The van der Waals surface area contributed by atoms with Crippen molar-refractivity contribution < 1.29 is 47.9 Å². The number of aliphatic carboxylic acids is 1. The number of esters is 1. The van der Waals surface area contributed by atoms with Gasteiger partial charge in [0, 0.05) is 159 Å². The number of aliphatic hydroxyl groups excluding tert-OH is 1. The first kappa shape index (κ1) is 106. The minimum atomic E-state index is -1.67. The molecule has 726 valence electrons. The maximum Gasteiger partial charge on any atom is 0.410 e. The number of hydrogen-bond acceptors (Lipinski definition) is 19. The Morgan fingerprint density at radius 1 is 0.500 bits per heavy atom. The van der Waals surface area contributed by atoms with E-state index >= 15 is 0 Å². The maximum atomic E-state index is 13.1. The minimum Gasteiger partial charge on any atom is -0.481 e. The lowest BCUT2D eigenvalue weighted by atomic mass is 9.69. The predicted molar refractivity (Wildman–Crippen MR) is 545 cm³/mol. The number of carbonyl (C=O) groups is 5. The van der Waals surface area contributed by atoms with E-state index in [1.165, 1.54) is 24.8 Å². The molecular formula is C102H125Cl6N17O10S. The molecule has 6 aromatic carbocycles. The van der Waals surface area contributed by atoms with Gasteiger partial charge in [0.25, 0.3) is 11.8 Å². The number of likely N-dealkylation sites (tertiary alicyclic amines) is 3. The first-order valence-electron chi connectivity index (χ1n) is 46.4. The van der Waals surface area contributed by atoms with E-state index in [-0.39, 0.29) is 65.2 Å². The number of carbonyl (C=O) groups excluding carboxylic acids is 4. The van der Waals surface area contributed by atoms with Gasteiger partial charge in [-0.3, -0.25) is 19.2 Å². The molecule has 3 amide bonds. The number of rotatable bonds is 21. The average molecular weight is 1990 g/mol. The van der Waals surface area contributed by atoms with Gasteiger partial charge in [0.1, 0.15) is 5.60 Å². The molecule has 16 rings (SSSR count). The van der Waals surface area contributed by atoms with Crippen LogP contribution in [0.1, 0.15) is 187 Å². The summed E-state index contributed by atoms with van der Waals surface area (Å²) >= 11 is 24.2. The second kappa shape index (κ2) is 49.8. The van der Waals surface area contributed by atoms with E-state index in [4.69, 9.17) is 88.3 Å². The lowest BCUT2D eigenvalue weighted by molar-refractivity contribution is -0.145. The molecule has 5 aliphatic heterocycles. The Hall–Kier alpha value is -10.3. The maximum absolute atomic E-state index is 13.1. The summed E-state index contributed by atoms with van der Waals surface area (Å²) in [5.41, 5.74) is 9.51. The molecule has 6 fully saturated rings. The second-order valence-corrected chi connectivity index (χ2v) is 41.1. The van der Waals surface area contributed by atoms with Gasteiger partial charge < -0.3 is 74.3 Å². The van der Waals surface area contributed by atoms with Crippen molar-refractivity contribution in [2.45, 2.75) is 183 Å². The van der Waals surface area contributed by atoms with Crippen LogP contribution in [0, 0.1) is 13.1 Å². The first-order chi connectivity index (χ1) is 65.1. The SMILES string of the molecule is CCO.CCOC(=O)CC1(c2ccc(Cl)cc2)CCN(c2cccn3nc(Nc4ccc(C(=O)N(C)C5CCN(C)CC5)cc4)nc23)CC1.CN1CCC(N(C)C(=O)c2ccc(Nc3nc4c(N5CCC(CC(=O)O)(c6ccc(Cl)cc6)CC5)cccn4n3)cc2)CC1.O=S(Cl)Cl.[C-]#[N+]CC1(c2ccc(Cl)cc2)CCCCC1.[C-]#[N+]CC1(c2ccc(Cl)cc2)CCN(C(=O)OC(C)(C)C)CC1. The topological polar surface area (TPSA) is 277 Å². The van der Waals surface area contributed by atoms with Crippen molar-refractivity contribution in [1.82, 2.24) is 53.7 Å². The van der Waals surface area contributed by atoms with Gasteiger partial charge in [0.05, 0.1) is 41.7 Å². The lowest BCUT2D eigenvalue weighted by Gasteiger charge is -2.42. The van der Waals surface area contributed by atoms with Gasteiger partial charge in [-0.2, -0.15) is 9.97 Å². The molecule has 136 heavy (non-hydrogen) atoms. The van der Waals surface area contributed by atoms with Crippen LogP contribution in [-0.4, -0.2) is 236 Å². The summed E-state index contributed by atoms with van der Waals surface area (Å²) in [6.07, 6.45) is 18.4. The molecule has 1 aliphatic carbocycles. The van der Waals surface area contributed by atoms with Crippen LogP contribution >= 0.6 is 67.8 Å². The number of nitrogens with zero attached hydrogens (tertiary/aromatic N) is 15. The fraction of sp³-hybridized carbons (Fsp3) is 0.461. The standard InChI is InChI=1S/C35H42ClN7O3.C33H38ClN7O3.C18H23ClN2O2.C14H16ClN.C2H6O.Cl2OS/c1-4-46-31(44)24-35(26-9-11-27(36)12-10-26)17-22-42(23-18-35)30-6-5-19-43-32(30)38-34(39-43)37-28-13-7-25(8-14-28)33(45)41(3)29-15-20-40(2)21-16-29;1-38-18-13-27(14-19-38)39(2)31(44)23-5-11-26(12-6-23)35-32-36-30-28(4-3-17-41(30)37-32)40-20-15-33(16-21-40,22-29(42)43)24-7-9-25(34)10-8-24;1-17(2,3)23-16(22)21-11-9-18(10-12-21,13-20-4)14-5-7-15(19)8-6-14;1-16-11-14(9-3-2-4-10-14)12-5-7-13(15)8-6-12;1-2-3;1-4(2)3/h5-14,19,29H,4,15-18,20-24H2,1-3H3,(H,37,39);3-12,17,27H,13-16,18-22H2,1-2H3,(H,35,37)(H,42,43);5-8H,9-13H2,1-3H3;5-8H,2-4,9-11H2;3H,2H2,1H3;. The summed E-state index contributed by atoms with van der Waals surface area (Å²) in [5, 5.41) is 36.0. The third kappa shape index (κ3) is 28.9. The molecule has 0 spiro atoms. The summed E-state index contributed by atoms with van der Waals surface area (Å²) in [6.45, 7) is 33.4. The third-order valence-electron chi connectivity index (χ3n) is 26.7. The van der Waals surface area contributed by atoms with Gasteiger partial charge >= 0.3 is 18.0 Å². The number of fused-ring (bicyclic) bond motifs is 2. The van der Waals surface area contributed by atoms with Gasteiger partial charge in [-0.1, -0.05) is 114 Å². The van der Waals surface area contributed by atoms with Crippen molar-refractivity contribution in [3.63, 3.8) is 0 Å². The predicted octanol–water partition coefficient (Wildman–Crippen LogP) is 21.1. The zero-order chi connectivity index (χ0) is 97.9. The van der Waals surface area contributed by atoms with Crippen LogP contribution < -0.4 is 20.4 Å². The van der Waals surface area contributed by atoms with E-state index in [0.717, 1.165) is 159 Å². The van der Waals surface area contributed by atoms with E-state index < -0.39 is 26.2 Å². The zero-order valence-corrected chi connectivity index (χ0v) is 84.3. The highest BCUT2D eigenvalue weighted by Gasteiger charge is 2.44. The van der Waals surface area contributed by atoms with Crippen molar-refractivity contribution in [2.75, 3.05) is 140 Å². The summed E-state index contributed by atoms with van der Waals surface area (Å²) in [7, 11) is 15.4. The minimum absolute atomic E-state index is 0.0339. The van der Waals surface area contributed by atoms with E-state index in [2.05, 4.69) is 104 Å². The lowest BCUT2D eigenvalue weighted by Crippen LogP contribution is -2.47. The highest BCUT2D eigenvalue weighted by atomic mass is 36.0. The van der Waals surface area contributed by atoms with Crippen LogP contribution in [0.25, 0.3) is 21.0 Å². The summed E-state index contributed by atoms with van der Waals surface area (Å²) in [4.78, 5) is 94.6. The number of nitrogens with one attached hydrogen (secondary N) is 2. The van der Waals surface area contributed by atoms with Gasteiger partial charge in [-0.05, 0) is 296 Å². The Morgan fingerprint density at radius 3 is 1.16 bits per heavy atom. The molecular weight excluding hydrogens is 1870 g/mol. The van der Waals surface area contributed by atoms with E-state index in [0.29, 0.717) is 103 Å². The van der Waals surface area contributed by atoms with Crippen molar-refractivity contribution in [1.29, 1.82) is 0 Å². The molecule has 9 heterocycles. The number of ether oxygens (including phenoxy) is 2. The van der Waals surface area contributed by atoms with E-state index in [1.807, 2.05) is 216 Å². The quantitative estimate of drug-likeness (QED) is 0.0295. The number of hydrogen-bond donors (Lipinski definition) is 4. The summed E-state index contributed by atoms with van der Waals surface area (Å²) in [6, 6.07) is 54.7. The van der Waals surface area contributed by atoms with Crippen LogP contribution in [0.15, 0.2) is 182 Å². The van der Waals surface area contributed by atoms with Crippen molar-refractivity contribution in [3.8, 4) is 0 Å². The fourth-order valence-corrected chi connectivity index (χ4v) is 19.6. The molecule has 4 aromatic heterocycles. The summed E-state index contributed by atoms with van der Waals surface area (Å²) < 4.78 is 23.4. The molecule has 1 saturated carbocycles. The van der Waals surface area contributed by atoms with Crippen LogP contribution in [0.2, 0.25) is 20.1 Å². The van der Waals surface area contributed by atoms with Crippen LogP contribution in [0.5, 0.6) is 0 Å². The highest BCUT2D eigenvalue weighted by molar-refractivity contribution is 8.26. The Kier molecular flexibility index (Phi) is 38.8. The van der Waals surface area contributed by atoms with Crippen LogP contribution in [0.3, 0.4) is 0 Å². The number of pyridine rings is 2. The smallest absolute Gasteiger partial charge is 0.410 e. The van der Waals surface area contributed by atoms with Crippen molar-refractivity contribution in [3.05, 3.63) is 259 Å². The number of piperidine rings is 5. The Morgan fingerprint density at radius 2 is 0.831 bits per heavy atom. The fourth-order valence-electron chi connectivity index (χ4n) is 19.1. The zero-order valence-electron chi connectivity index (χ0n) is 78.9. The molecule has 27 nitrogen and oxygen atoms in total. The second-order valence-electron chi connectivity index (χ2n) is 36.8. The number of benzene rings is 6. The van der Waals surface area contributed by atoms with Gasteiger partial charge in [0.15, 0.2) is 11.3 Å². The Labute approximate surface area is 830 Å². The van der Waals surface area contributed by atoms with Gasteiger partial charge in [0.2, 0.25) is 34.2 Å². The average Bonchev–Trinajstić information content (AvgIpc) is 1.46. The molecule has 0 radical (unpaired) electrons. The number of aliphatic hydroxyl groups is 1. The molecule has 4 N–H and O–H groups in total. The number of carboxylic acids is 1. The largest absolute Gasteiger partial charge is 0.481 e. The molecule has 10 aromatic rings. The van der Waals surface area contributed by atoms with Crippen LogP contribution in [-0.2, 0) is 49.9 Å². The third-order valence-corrected chi connectivity index (χ3v) is 27.8. The number of anilines is 6. The molecule has 0 atom stereocenters. The van der Waals surface area contributed by atoms with Gasteiger partial charge in [-0.25, -0.2) is 31.2 Å². The highest BCUT2D eigenvalue weighted by Crippen LogP contribution is 2.46. The van der Waals surface area contributed by atoms with E-state index in [1.54, 1.807) is 20.9 Å². The summed E-state index contributed by atoms with van der Waals surface area (Å²) in [5.74, 6) is 0.0309. The Bertz CT molecular complexity index is 5680. The van der Waals surface area contributed by atoms with Gasteiger partial charge in [-0.15, -0.1) is 10.2 Å². The molecule has 6 aliphatic rings. The van der Waals surface area contributed by atoms with Crippen molar-refractivity contribution in [2.24, 2.45) is 0 Å². The van der Waals surface area contributed by atoms with Crippen molar-refractivity contribution >= 4 is 153 Å². The monoisotopic (exact) mass is 1990 g/mol. The molecule has 5 saturated heterocycles. The molecule has 34 heteroatoms. The normalized spacial score (nSPS) is 17.0.